The first kappa shape index (κ1) is 17.4. The second-order valence-corrected chi connectivity index (χ2v) is 8.03. The number of anilines is 1. The highest BCUT2D eigenvalue weighted by Gasteiger charge is 2.49. The van der Waals surface area contributed by atoms with Gasteiger partial charge >= 0.3 is 0 Å². The monoisotopic (exact) mass is 476 g/mol. The first-order valence-corrected chi connectivity index (χ1v) is 9.44. The van der Waals surface area contributed by atoms with Gasteiger partial charge in [-0.3, -0.25) is 4.79 Å². The predicted molar refractivity (Wildman–Crippen MR) is 105 cm³/mol. The molecule has 2 heterocycles. The number of carbonyl (C=O) groups is 1. The van der Waals surface area contributed by atoms with Crippen LogP contribution >= 0.6 is 31.9 Å². The summed E-state index contributed by atoms with van der Waals surface area (Å²) in [6, 6.07) is 13.1. The first-order chi connectivity index (χ1) is 12.4. The third kappa shape index (κ3) is 2.78. The molecule has 1 unspecified atom stereocenters. The van der Waals surface area contributed by atoms with Gasteiger partial charge in [0, 0.05) is 27.1 Å². The highest BCUT2D eigenvalue weighted by Crippen LogP contribution is 2.41. The zero-order valence-corrected chi connectivity index (χ0v) is 16.9. The number of aromatic nitrogens is 3. The third-order valence-electron chi connectivity index (χ3n) is 4.49. The van der Waals surface area contributed by atoms with Crippen LogP contribution in [0.15, 0.2) is 57.6 Å². The Morgan fingerprint density at radius 2 is 1.81 bits per heavy atom. The van der Waals surface area contributed by atoms with E-state index < -0.39 is 5.60 Å². The number of aliphatic hydroxyl groups is 1. The molecule has 0 saturated carbocycles. The molecule has 0 fully saturated rings. The number of amides is 1. The molecule has 1 aliphatic heterocycles. The van der Waals surface area contributed by atoms with Crippen LogP contribution in [0.25, 0.3) is 11.3 Å². The summed E-state index contributed by atoms with van der Waals surface area (Å²) in [6.07, 6.45) is 1.73. The van der Waals surface area contributed by atoms with Crippen LogP contribution in [0.5, 0.6) is 0 Å². The zero-order chi connectivity index (χ0) is 18.5. The summed E-state index contributed by atoms with van der Waals surface area (Å²) >= 11 is 6.80. The van der Waals surface area contributed by atoms with Gasteiger partial charge in [0.2, 0.25) is 0 Å². The number of benzene rings is 2. The summed E-state index contributed by atoms with van der Waals surface area (Å²) in [7, 11) is 1.65. The van der Waals surface area contributed by atoms with Crippen LogP contribution in [-0.4, -0.2) is 33.1 Å². The fourth-order valence-corrected chi connectivity index (χ4v) is 3.78. The van der Waals surface area contributed by atoms with E-state index in [0.29, 0.717) is 16.9 Å². The van der Waals surface area contributed by atoms with E-state index in [4.69, 9.17) is 0 Å². The lowest BCUT2D eigenvalue weighted by atomic mass is 9.95. The molecule has 4 rings (SSSR count). The average Bonchev–Trinajstić information content (AvgIpc) is 3.15. The Morgan fingerprint density at radius 3 is 2.54 bits per heavy atom. The van der Waals surface area contributed by atoms with Crippen LogP contribution in [-0.2, 0) is 16.9 Å². The van der Waals surface area contributed by atoms with E-state index >= 15 is 0 Å². The van der Waals surface area contributed by atoms with Gasteiger partial charge < -0.3 is 10.0 Å². The van der Waals surface area contributed by atoms with Gasteiger partial charge in [0.1, 0.15) is 5.69 Å². The molecule has 0 aliphatic carbocycles. The van der Waals surface area contributed by atoms with Gasteiger partial charge in [0.15, 0.2) is 5.60 Å². The van der Waals surface area contributed by atoms with Gasteiger partial charge in [-0.05, 0) is 30.3 Å². The molecule has 132 valence electrons. The van der Waals surface area contributed by atoms with E-state index in [1.54, 1.807) is 19.3 Å². The minimum atomic E-state index is -1.68. The van der Waals surface area contributed by atoms with E-state index in [9.17, 15) is 9.90 Å². The molecule has 3 aromatic rings. The molecule has 2 aromatic carbocycles. The topological polar surface area (TPSA) is 71.2 Å². The fourth-order valence-electron chi connectivity index (χ4n) is 3.15. The Kier molecular flexibility index (Phi) is 4.21. The number of hydrogen-bond donors (Lipinski definition) is 1. The van der Waals surface area contributed by atoms with Crippen molar-refractivity contribution in [2.24, 2.45) is 0 Å². The largest absolute Gasteiger partial charge is 0.374 e. The molecule has 1 aromatic heterocycles. The maximum Gasteiger partial charge on any atom is 0.265 e. The minimum absolute atomic E-state index is 0.0108. The van der Waals surface area contributed by atoms with Crippen LogP contribution < -0.4 is 4.90 Å². The van der Waals surface area contributed by atoms with Crippen LogP contribution in [0.3, 0.4) is 0 Å². The van der Waals surface area contributed by atoms with Gasteiger partial charge in [-0.15, -0.1) is 5.10 Å². The van der Waals surface area contributed by atoms with E-state index in [0.717, 1.165) is 14.5 Å². The number of nitrogens with zero attached hydrogens (tertiary/aromatic N) is 4. The average molecular weight is 478 g/mol. The summed E-state index contributed by atoms with van der Waals surface area (Å²) in [5.74, 6) is -0.383. The number of hydrogen-bond acceptors (Lipinski definition) is 4. The molecule has 0 spiro atoms. The summed E-state index contributed by atoms with van der Waals surface area (Å²) in [4.78, 5) is 14.2. The smallest absolute Gasteiger partial charge is 0.265 e. The SMILES string of the molecule is CN1C(=O)C(O)(Cn2cc(-c3ccc(Br)cc3)nn2)c2cc(Br)ccc21. The van der Waals surface area contributed by atoms with Crippen molar-refractivity contribution in [1.29, 1.82) is 0 Å². The van der Waals surface area contributed by atoms with Gasteiger partial charge in [-0.2, -0.15) is 0 Å². The second-order valence-electron chi connectivity index (χ2n) is 6.19. The molecule has 1 amide bonds. The van der Waals surface area contributed by atoms with E-state index in [1.807, 2.05) is 36.4 Å². The summed E-state index contributed by atoms with van der Waals surface area (Å²) in [5, 5.41) is 19.4. The zero-order valence-electron chi connectivity index (χ0n) is 13.7. The fraction of sp³-hybridized carbons (Fsp3) is 0.167. The van der Waals surface area contributed by atoms with Crippen molar-refractivity contribution < 1.29 is 9.90 Å². The normalized spacial score (nSPS) is 19.1. The summed E-state index contributed by atoms with van der Waals surface area (Å²) in [5.41, 5.74) is 1.14. The van der Waals surface area contributed by atoms with Crippen molar-refractivity contribution in [3.63, 3.8) is 0 Å². The third-order valence-corrected chi connectivity index (χ3v) is 5.52. The Bertz CT molecular complexity index is 1000. The van der Waals surface area contributed by atoms with Crippen LogP contribution in [0.1, 0.15) is 5.56 Å². The molecule has 1 N–H and O–H groups in total. The van der Waals surface area contributed by atoms with Gasteiger partial charge in [0.25, 0.3) is 5.91 Å². The molecule has 0 bridgehead atoms. The van der Waals surface area contributed by atoms with E-state index in [1.165, 1.54) is 9.58 Å². The van der Waals surface area contributed by atoms with Crippen molar-refractivity contribution in [2.75, 3.05) is 11.9 Å². The molecule has 26 heavy (non-hydrogen) atoms. The van der Waals surface area contributed by atoms with Gasteiger partial charge in [-0.1, -0.05) is 49.2 Å². The van der Waals surface area contributed by atoms with Crippen molar-refractivity contribution in [3.05, 3.63) is 63.2 Å². The Morgan fingerprint density at radius 1 is 1.12 bits per heavy atom. The Labute approximate surface area is 166 Å². The molecular formula is C18H14Br2N4O2. The second kappa shape index (κ2) is 6.29. The number of halogens is 2. The van der Waals surface area contributed by atoms with E-state index in [-0.39, 0.29) is 12.5 Å². The Hall–Kier alpha value is -2.03. The quantitative estimate of drug-likeness (QED) is 0.628. The van der Waals surface area contributed by atoms with E-state index in [2.05, 4.69) is 42.2 Å². The van der Waals surface area contributed by atoms with Crippen molar-refractivity contribution in [1.82, 2.24) is 15.0 Å². The standard InChI is InChI=1S/C18H14Br2N4O2/c1-23-16-7-6-13(20)8-14(16)18(26,17(23)25)10-24-9-15(21-22-24)11-2-4-12(19)5-3-11/h2-9,26H,10H2,1H3. The molecule has 0 saturated heterocycles. The highest BCUT2D eigenvalue weighted by atomic mass is 79.9. The Balaban J connectivity index is 1.68. The maximum atomic E-state index is 12.7. The van der Waals surface area contributed by atoms with Crippen molar-refractivity contribution >= 4 is 43.5 Å². The molecule has 1 aliphatic rings. The molecule has 6 nitrogen and oxygen atoms in total. The number of carbonyl (C=O) groups excluding carboxylic acids is 1. The van der Waals surface area contributed by atoms with Gasteiger partial charge in [-0.25, -0.2) is 4.68 Å². The van der Waals surface area contributed by atoms with Crippen LogP contribution in [0.4, 0.5) is 5.69 Å². The summed E-state index contributed by atoms with van der Waals surface area (Å²) in [6.45, 7) is -0.0108. The van der Waals surface area contributed by atoms with Crippen molar-refractivity contribution in [3.8, 4) is 11.3 Å². The van der Waals surface area contributed by atoms with Crippen molar-refractivity contribution in [2.45, 2.75) is 12.1 Å². The lowest BCUT2D eigenvalue weighted by Gasteiger charge is -2.21. The van der Waals surface area contributed by atoms with Crippen LogP contribution in [0, 0.1) is 0 Å². The highest BCUT2D eigenvalue weighted by molar-refractivity contribution is 9.10. The molecular weight excluding hydrogens is 464 g/mol. The predicted octanol–water partition coefficient (Wildman–Crippen LogP) is 3.33. The van der Waals surface area contributed by atoms with Crippen LogP contribution in [0.2, 0.25) is 0 Å². The number of rotatable bonds is 3. The lowest BCUT2D eigenvalue weighted by Crippen LogP contribution is -2.42. The summed E-state index contributed by atoms with van der Waals surface area (Å²) < 4.78 is 3.27. The number of likely N-dealkylation sites (N-methyl/N-ethyl adjacent to an activating group) is 1. The minimum Gasteiger partial charge on any atom is -0.374 e. The van der Waals surface area contributed by atoms with Gasteiger partial charge in [0.05, 0.1) is 18.4 Å². The maximum absolute atomic E-state index is 12.7. The molecule has 0 radical (unpaired) electrons. The molecule has 1 atom stereocenters. The first-order valence-electron chi connectivity index (χ1n) is 7.85. The molecule has 8 heteroatoms. The number of fused-ring (bicyclic) bond motifs is 1. The lowest BCUT2D eigenvalue weighted by molar-refractivity contribution is -0.137.